The predicted molar refractivity (Wildman–Crippen MR) is 73.5 cm³/mol. The van der Waals surface area contributed by atoms with E-state index in [1.807, 2.05) is 18.2 Å². The van der Waals surface area contributed by atoms with Crippen molar-refractivity contribution in [3.63, 3.8) is 0 Å². The Bertz CT molecular complexity index is 596. The van der Waals surface area contributed by atoms with Crippen LogP contribution in [0, 0.1) is 0 Å². The van der Waals surface area contributed by atoms with Gasteiger partial charge in [0, 0.05) is 18.6 Å². The Kier molecular flexibility index (Phi) is 3.28. The van der Waals surface area contributed by atoms with Crippen LogP contribution in [0.3, 0.4) is 0 Å². The summed E-state index contributed by atoms with van der Waals surface area (Å²) in [7, 11) is 2.05. The van der Waals surface area contributed by atoms with Crippen LogP contribution in [0.15, 0.2) is 23.0 Å². The molecule has 5 nitrogen and oxygen atoms in total. The number of aromatic amines is 2. The molecule has 1 aromatic heterocycles. The standard InChI is InChI=1S/C13H20N4O/c1-13(2,8-14)17(3)7-9-4-5-10-11(6-9)16-12(18)15-10/h4-6H,7-8,14H2,1-3H3,(H2,15,16,18). The molecule has 2 aromatic rings. The molecule has 0 spiro atoms. The lowest BCUT2D eigenvalue weighted by Crippen LogP contribution is -2.46. The van der Waals surface area contributed by atoms with Crippen LogP contribution in [0.1, 0.15) is 19.4 Å². The number of nitrogens with zero attached hydrogens (tertiary/aromatic N) is 1. The van der Waals surface area contributed by atoms with E-state index < -0.39 is 0 Å². The second-order valence-corrected chi connectivity index (χ2v) is 5.33. The lowest BCUT2D eigenvalue weighted by Gasteiger charge is -2.34. The molecule has 5 heteroatoms. The molecule has 18 heavy (non-hydrogen) atoms. The van der Waals surface area contributed by atoms with Gasteiger partial charge in [0.15, 0.2) is 0 Å². The highest BCUT2D eigenvalue weighted by molar-refractivity contribution is 5.74. The fraction of sp³-hybridized carbons (Fsp3) is 0.462. The van der Waals surface area contributed by atoms with Crippen LogP contribution in [-0.4, -0.2) is 34.0 Å². The highest BCUT2D eigenvalue weighted by atomic mass is 16.1. The summed E-state index contributed by atoms with van der Waals surface area (Å²) in [6.07, 6.45) is 0. The van der Waals surface area contributed by atoms with Crippen LogP contribution in [0.2, 0.25) is 0 Å². The average Bonchev–Trinajstić information content (AvgIpc) is 2.68. The zero-order chi connectivity index (χ0) is 13.3. The Balaban J connectivity index is 2.24. The molecule has 0 aliphatic rings. The number of H-pyrrole nitrogens is 2. The van der Waals surface area contributed by atoms with Crippen molar-refractivity contribution in [1.29, 1.82) is 0 Å². The summed E-state index contributed by atoms with van der Waals surface area (Å²) in [6.45, 7) is 5.63. The van der Waals surface area contributed by atoms with Gasteiger partial charge in [-0.05, 0) is 38.6 Å². The minimum atomic E-state index is -0.169. The third kappa shape index (κ3) is 2.47. The molecule has 0 atom stereocenters. The van der Waals surface area contributed by atoms with E-state index in [1.165, 1.54) is 0 Å². The van der Waals surface area contributed by atoms with E-state index >= 15 is 0 Å². The third-order valence-corrected chi connectivity index (χ3v) is 3.53. The van der Waals surface area contributed by atoms with E-state index in [0.29, 0.717) is 6.54 Å². The van der Waals surface area contributed by atoms with E-state index in [2.05, 4.69) is 35.8 Å². The smallest absolute Gasteiger partial charge is 0.323 e. The first-order chi connectivity index (χ1) is 8.42. The highest BCUT2D eigenvalue weighted by Crippen LogP contribution is 2.16. The molecule has 0 aliphatic carbocycles. The molecule has 1 heterocycles. The fourth-order valence-corrected chi connectivity index (χ4v) is 1.82. The quantitative estimate of drug-likeness (QED) is 0.756. The van der Waals surface area contributed by atoms with Crippen LogP contribution < -0.4 is 11.4 Å². The summed E-state index contributed by atoms with van der Waals surface area (Å²) in [5.74, 6) is 0. The van der Waals surface area contributed by atoms with Crippen molar-refractivity contribution < 1.29 is 0 Å². The molecule has 0 bridgehead atoms. The van der Waals surface area contributed by atoms with Gasteiger partial charge in [-0.15, -0.1) is 0 Å². The van der Waals surface area contributed by atoms with Crippen molar-refractivity contribution in [2.75, 3.05) is 13.6 Å². The van der Waals surface area contributed by atoms with Crippen LogP contribution in [-0.2, 0) is 6.54 Å². The lowest BCUT2D eigenvalue weighted by atomic mass is 10.0. The van der Waals surface area contributed by atoms with Crippen molar-refractivity contribution in [3.05, 3.63) is 34.2 Å². The van der Waals surface area contributed by atoms with Crippen molar-refractivity contribution in [2.45, 2.75) is 25.9 Å². The Morgan fingerprint density at radius 2 is 1.94 bits per heavy atom. The maximum absolute atomic E-state index is 11.2. The van der Waals surface area contributed by atoms with Gasteiger partial charge in [0.05, 0.1) is 11.0 Å². The molecule has 1 aromatic carbocycles. The van der Waals surface area contributed by atoms with Gasteiger partial charge >= 0.3 is 5.69 Å². The summed E-state index contributed by atoms with van der Waals surface area (Å²) in [5, 5.41) is 0. The fourth-order valence-electron chi connectivity index (χ4n) is 1.82. The highest BCUT2D eigenvalue weighted by Gasteiger charge is 2.21. The van der Waals surface area contributed by atoms with Gasteiger partial charge in [0.25, 0.3) is 0 Å². The summed E-state index contributed by atoms with van der Waals surface area (Å²) in [5.41, 5.74) is 8.39. The van der Waals surface area contributed by atoms with E-state index in [4.69, 9.17) is 5.73 Å². The first kappa shape index (κ1) is 12.9. The number of benzene rings is 1. The van der Waals surface area contributed by atoms with Crippen LogP contribution in [0.4, 0.5) is 0 Å². The zero-order valence-electron chi connectivity index (χ0n) is 11.1. The van der Waals surface area contributed by atoms with Gasteiger partial charge in [-0.1, -0.05) is 6.07 Å². The Morgan fingerprint density at radius 1 is 1.28 bits per heavy atom. The topological polar surface area (TPSA) is 77.9 Å². The van der Waals surface area contributed by atoms with E-state index in [0.717, 1.165) is 23.1 Å². The lowest BCUT2D eigenvalue weighted by molar-refractivity contribution is 0.156. The van der Waals surface area contributed by atoms with E-state index in [1.54, 1.807) is 0 Å². The second-order valence-electron chi connectivity index (χ2n) is 5.33. The number of nitrogens with two attached hydrogens (primary N) is 1. The third-order valence-electron chi connectivity index (χ3n) is 3.53. The van der Waals surface area contributed by atoms with Gasteiger partial charge in [0.1, 0.15) is 0 Å². The van der Waals surface area contributed by atoms with Crippen molar-refractivity contribution in [1.82, 2.24) is 14.9 Å². The number of fused-ring (bicyclic) bond motifs is 1. The molecule has 0 saturated heterocycles. The molecule has 98 valence electrons. The second kappa shape index (κ2) is 4.59. The number of hydrogen-bond acceptors (Lipinski definition) is 3. The van der Waals surface area contributed by atoms with Gasteiger partial charge in [0.2, 0.25) is 0 Å². The van der Waals surface area contributed by atoms with Crippen molar-refractivity contribution in [2.24, 2.45) is 5.73 Å². The number of aromatic nitrogens is 2. The van der Waals surface area contributed by atoms with E-state index in [9.17, 15) is 4.79 Å². The van der Waals surface area contributed by atoms with Crippen molar-refractivity contribution in [3.8, 4) is 0 Å². The number of imidazole rings is 1. The molecule has 0 fully saturated rings. The summed E-state index contributed by atoms with van der Waals surface area (Å²) < 4.78 is 0. The summed E-state index contributed by atoms with van der Waals surface area (Å²) in [4.78, 5) is 18.9. The van der Waals surface area contributed by atoms with Gasteiger partial charge in [-0.2, -0.15) is 0 Å². The molecule has 4 N–H and O–H groups in total. The minimum Gasteiger partial charge on any atom is -0.329 e. The number of rotatable bonds is 4. The molecule has 0 amide bonds. The largest absolute Gasteiger partial charge is 0.329 e. The molecule has 2 rings (SSSR count). The number of likely N-dealkylation sites (N-methyl/N-ethyl adjacent to an activating group) is 1. The zero-order valence-corrected chi connectivity index (χ0v) is 11.1. The van der Waals surface area contributed by atoms with Crippen molar-refractivity contribution >= 4 is 11.0 Å². The molecule has 0 unspecified atom stereocenters. The monoisotopic (exact) mass is 248 g/mol. The normalized spacial score (nSPS) is 12.5. The number of hydrogen-bond donors (Lipinski definition) is 3. The Morgan fingerprint density at radius 3 is 2.61 bits per heavy atom. The predicted octanol–water partition coefficient (Wildman–Crippen LogP) is 1.03. The van der Waals surface area contributed by atoms with Gasteiger partial charge in [-0.3, -0.25) is 4.90 Å². The first-order valence-electron chi connectivity index (χ1n) is 6.04. The van der Waals surface area contributed by atoms with Crippen LogP contribution in [0.5, 0.6) is 0 Å². The number of nitrogens with one attached hydrogen (secondary N) is 2. The Labute approximate surface area is 106 Å². The summed E-state index contributed by atoms with van der Waals surface area (Å²) in [6, 6.07) is 5.94. The van der Waals surface area contributed by atoms with E-state index in [-0.39, 0.29) is 11.2 Å². The maximum atomic E-state index is 11.2. The SMILES string of the molecule is CN(Cc1ccc2[nH]c(=O)[nH]c2c1)C(C)(C)CN. The molecule has 0 saturated carbocycles. The van der Waals surface area contributed by atoms with Crippen LogP contribution >= 0.6 is 0 Å². The summed E-state index contributed by atoms with van der Waals surface area (Å²) >= 11 is 0. The van der Waals surface area contributed by atoms with Gasteiger partial charge in [-0.25, -0.2) is 4.79 Å². The minimum absolute atomic E-state index is 0.0412. The molecular weight excluding hydrogens is 228 g/mol. The van der Waals surface area contributed by atoms with Gasteiger partial charge < -0.3 is 15.7 Å². The molecular formula is C13H20N4O. The maximum Gasteiger partial charge on any atom is 0.323 e. The first-order valence-corrected chi connectivity index (χ1v) is 6.04. The molecule has 0 radical (unpaired) electrons. The Hall–Kier alpha value is -1.59. The van der Waals surface area contributed by atoms with Crippen LogP contribution in [0.25, 0.3) is 11.0 Å². The average molecular weight is 248 g/mol. The molecule has 0 aliphatic heterocycles.